The molecule has 0 saturated carbocycles. The summed E-state index contributed by atoms with van der Waals surface area (Å²) in [5.41, 5.74) is 5.33. The normalized spacial score (nSPS) is 18.8. The maximum Gasteiger partial charge on any atom is 0.311 e. The van der Waals surface area contributed by atoms with Crippen LogP contribution in [-0.2, 0) is 16.0 Å². The summed E-state index contributed by atoms with van der Waals surface area (Å²) < 4.78 is 4.84. The van der Waals surface area contributed by atoms with Crippen molar-refractivity contribution in [2.24, 2.45) is 5.92 Å². The summed E-state index contributed by atoms with van der Waals surface area (Å²) >= 11 is 12.6. The van der Waals surface area contributed by atoms with E-state index in [1.165, 1.54) is 18.2 Å². The Morgan fingerprint density at radius 2 is 1.86 bits per heavy atom. The number of nitrogens with zero attached hydrogens (tertiary/aromatic N) is 1. The Morgan fingerprint density at radius 3 is 2.54 bits per heavy atom. The van der Waals surface area contributed by atoms with Gasteiger partial charge >= 0.3 is 5.97 Å². The Kier molecular flexibility index (Phi) is 5.38. The first-order valence-electron chi connectivity index (χ1n) is 9.38. The zero-order chi connectivity index (χ0) is 19.8. The van der Waals surface area contributed by atoms with Crippen molar-refractivity contribution in [2.45, 2.75) is 25.8 Å². The van der Waals surface area contributed by atoms with Gasteiger partial charge in [0.15, 0.2) is 0 Å². The maximum atomic E-state index is 11.6. The van der Waals surface area contributed by atoms with Crippen molar-refractivity contribution in [3.63, 3.8) is 0 Å². The fourth-order valence-corrected chi connectivity index (χ4v) is 4.78. The summed E-state index contributed by atoms with van der Waals surface area (Å²) in [6.45, 7) is 3.52. The number of rotatable bonds is 2. The number of halogens is 2. The Hall–Kier alpha value is -1.99. The molecule has 1 atom stereocenters. The molecule has 0 radical (unpaired) electrons. The van der Waals surface area contributed by atoms with E-state index in [1.807, 2.05) is 19.1 Å². The third-order valence-electron chi connectivity index (χ3n) is 5.59. The van der Waals surface area contributed by atoms with Crippen molar-refractivity contribution in [1.82, 2.24) is 4.90 Å². The second kappa shape index (κ2) is 7.79. The first-order valence-corrected chi connectivity index (χ1v) is 10.1. The minimum atomic E-state index is -0.103. The van der Waals surface area contributed by atoms with Gasteiger partial charge in [-0.05, 0) is 60.7 Å². The second-order valence-corrected chi connectivity index (χ2v) is 8.31. The standard InChI is InChI=1S/C23H21Cl2NO2/c1-14-9-20(24)19(21(25)10-14)7-4-15-3-6-18-16(11-15)5-8-22(18)26-12-17(13-26)23(27)28-2/h3,6,9-11,17,22H,5,8,12-13H2,1-2H3. The number of carbonyl (C=O) groups is 1. The number of esters is 1. The quantitative estimate of drug-likeness (QED) is 0.523. The number of likely N-dealkylation sites (tertiary alicyclic amines) is 1. The summed E-state index contributed by atoms with van der Waals surface area (Å²) in [5.74, 6) is 6.23. The molecule has 0 amide bonds. The molecule has 0 aromatic heterocycles. The van der Waals surface area contributed by atoms with Crippen LogP contribution in [0.15, 0.2) is 30.3 Å². The summed E-state index contributed by atoms with van der Waals surface area (Å²) in [4.78, 5) is 14.0. The zero-order valence-corrected chi connectivity index (χ0v) is 17.4. The Morgan fingerprint density at radius 1 is 1.14 bits per heavy atom. The lowest BCUT2D eigenvalue weighted by Crippen LogP contribution is -2.51. The van der Waals surface area contributed by atoms with Gasteiger partial charge in [0.2, 0.25) is 0 Å². The van der Waals surface area contributed by atoms with Crippen LogP contribution in [0.2, 0.25) is 10.0 Å². The van der Waals surface area contributed by atoms with Crippen molar-refractivity contribution in [3.05, 3.63) is 68.2 Å². The molecule has 1 saturated heterocycles. The number of methoxy groups -OCH3 is 1. The van der Waals surface area contributed by atoms with E-state index in [2.05, 4.69) is 34.9 Å². The molecule has 2 aromatic rings. The third kappa shape index (κ3) is 3.65. The molecular formula is C23H21Cl2NO2. The monoisotopic (exact) mass is 413 g/mol. The number of carbonyl (C=O) groups excluding carboxylic acids is 1. The summed E-state index contributed by atoms with van der Waals surface area (Å²) in [6.07, 6.45) is 2.11. The van der Waals surface area contributed by atoms with Crippen LogP contribution in [-0.4, -0.2) is 31.1 Å². The molecule has 1 unspecified atom stereocenters. The fraction of sp³-hybridized carbons (Fsp3) is 0.348. The maximum absolute atomic E-state index is 11.6. The summed E-state index contributed by atoms with van der Waals surface area (Å²) in [6, 6.07) is 10.5. The van der Waals surface area contributed by atoms with Crippen LogP contribution in [0.1, 0.15) is 40.3 Å². The van der Waals surface area contributed by atoms with E-state index in [0.717, 1.165) is 37.1 Å². The van der Waals surface area contributed by atoms with Crippen molar-refractivity contribution in [2.75, 3.05) is 20.2 Å². The molecule has 0 bridgehead atoms. The predicted octanol–water partition coefficient (Wildman–Crippen LogP) is 4.79. The molecule has 144 valence electrons. The van der Waals surface area contributed by atoms with Crippen LogP contribution in [0.5, 0.6) is 0 Å². The molecule has 2 aliphatic rings. The minimum absolute atomic E-state index is 0.0168. The van der Waals surface area contributed by atoms with Gasteiger partial charge in [-0.15, -0.1) is 0 Å². The van der Waals surface area contributed by atoms with Gasteiger partial charge in [-0.1, -0.05) is 41.1 Å². The molecule has 1 aliphatic carbocycles. The first-order chi connectivity index (χ1) is 13.5. The van der Waals surface area contributed by atoms with Gasteiger partial charge in [-0.2, -0.15) is 0 Å². The summed E-state index contributed by atoms with van der Waals surface area (Å²) in [7, 11) is 1.45. The van der Waals surface area contributed by atoms with Crippen LogP contribution in [0.3, 0.4) is 0 Å². The number of hydrogen-bond donors (Lipinski definition) is 0. The van der Waals surface area contributed by atoms with Crippen LogP contribution >= 0.6 is 23.2 Å². The highest BCUT2D eigenvalue weighted by Crippen LogP contribution is 2.39. The molecule has 1 fully saturated rings. The largest absolute Gasteiger partial charge is 0.469 e. The third-order valence-corrected chi connectivity index (χ3v) is 6.19. The second-order valence-electron chi connectivity index (χ2n) is 7.50. The predicted molar refractivity (Wildman–Crippen MR) is 112 cm³/mol. The summed E-state index contributed by atoms with van der Waals surface area (Å²) in [5, 5.41) is 1.16. The molecule has 0 spiro atoms. The van der Waals surface area contributed by atoms with Gasteiger partial charge in [0.25, 0.3) is 0 Å². The van der Waals surface area contributed by atoms with Crippen LogP contribution in [0.25, 0.3) is 0 Å². The van der Waals surface area contributed by atoms with Gasteiger partial charge in [0.05, 0.1) is 28.6 Å². The smallest absolute Gasteiger partial charge is 0.311 e. The molecule has 5 heteroatoms. The Bertz CT molecular complexity index is 976. The highest BCUT2D eigenvalue weighted by atomic mass is 35.5. The molecule has 1 heterocycles. The number of ether oxygens (including phenoxy) is 1. The highest BCUT2D eigenvalue weighted by molar-refractivity contribution is 6.36. The van der Waals surface area contributed by atoms with Crippen LogP contribution in [0, 0.1) is 24.7 Å². The first kappa shape index (κ1) is 19.3. The van der Waals surface area contributed by atoms with Gasteiger partial charge in [0.1, 0.15) is 0 Å². The van der Waals surface area contributed by atoms with Gasteiger partial charge in [0, 0.05) is 24.7 Å². The fourth-order valence-electron chi connectivity index (χ4n) is 4.09. The average molecular weight is 414 g/mol. The lowest BCUT2D eigenvalue weighted by Gasteiger charge is -2.41. The lowest BCUT2D eigenvalue weighted by atomic mass is 9.95. The topological polar surface area (TPSA) is 29.5 Å². The SMILES string of the molecule is COC(=O)C1CN(C2CCc3cc(C#Cc4c(Cl)cc(C)cc4Cl)ccc32)C1. The van der Waals surface area contributed by atoms with Gasteiger partial charge < -0.3 is 4.74 Å². The number of fused-ring (bicyclic) bond motifs is 1. The van der Waals surface area contributed by atoms with E-state index in [0.29, 0.717) is 21.7 Å². The lowest BCUT2D eigenvalue weighted by molar-refractivity contribution is -0.152. The highest BCUT2D eigenvalue weighted by Gasteiger charge is 2.39. The van der Waals surface area contributed by atoms with Crippen molar-refractivity contribution in [3.8, 4) is 11.8 Å². The Labute approximate surface area is 175 Å². The zero-order valence-electron chi connectivity index (χ0n) is 15.9. The molecule has 2 aromatic carbocycles. The molecule has 0 N–H and O–H groups in total. The van der Waals surface area contributed by atoms with Crippen molar-refractivity contribution < 1.29 is 9.53 Å². The molecular weight excluding hydrogens is 393 g/mol. The average Bonchev–Trinajstić information content (AvgIpc) is 3.02. The van der Waals surface area contributed by atoms with Crippen molar-refractivity contribution in [1.29, 1.82) is 0 Å². The van der Waals surface area contributed by atoms with Crippen LogP contribution < -0.4 is 0 Å². The molecule has 1 aliphatic heterocycles. The minimum Gasteiger partial charge on any atom is -0.469 e. The molecule has 3 nitrogen and oxygen atoms in total. The van der Waals surface area contributed by atoms with E-state index in [9.17, 15) is 4.79 Å². The van der Waals surface area contributed by atoms with E-state index in [-0.39, 0.29) is 11.9 Å². The van der Waals surface area contributed by atoms with E-state index in [4.69, 9.17) is 27.9 Å². The van der Waals surface area contributed by atoms with E-state index in [1.54, 1.807) is 0 Å². The number of aryl methyl sites for hydroxylation is 2. The van der Waals surface area contributed by atoms with Crippen LogP contribution in [0.4, 0.5) is 0 Å². The van der Waals surface area contributed by atoms with Gasteiger partial charge in [-0.25, -0.2) is 0 Å². The van der Waals surface area contributed by atoms with E-state index >= 15 is 0 Å². The Balaban J connectivity index is 1.51. The van der Waals surface area contributed by atoms with E-state index < -0.39 is 0 Å². The number of hydrogen-bond acceptors (Lipinski definition) is 3. The van der Waals surface area contributed by atoms with Gasteiger partial charge in [-0.3, -0.25) is 9.69 Å². The van der Waals surface area contributed by atoms with Crippen molar-refractivity contribution >= 4 is 29.2 Å². The molecule has 28 heavy (non-hydrogen) atoms. The molecule has 4 rings (SSSR count). The number of benzene rings is 2.